The van der Waals surface area contributed by atoms with Crippen molar-refractivity contribution in [2.45, 2.75) is 38.0 Å². The molecule has 2 atom stereocenters. The SMILES string of the molecule is Cc1ccc(S(=O)(=O)N2CC3=CC4(C)CCC3(C2)C4)cc1. The molecule has 3 nitrogen and oxygen atoms in total. The van der Waals surface area contributed by atoms with Crippen molar-refractivity contribution in [3.8, 4) is 0 Å². The standard InChI is InChI=1S/C17H21NO2S/c1-13-3-5-15(6-4-13)21(19,20)18-10-14-9-16(2)7-8-17(14,11-16)12-18/h3-6,9H,7-8,10-12H2,1-2H3. The van der Waals surface area contributed by atoms with Gasteiger partial charge in [0.25, 0.3) is 0 Å². The fourth-order valence-electron chi connectivity index (χ4n) is 4.51. The molecule has 0 aromatic heterocycles. The molecule has 0 amide bonds. The summed E-state index contributed by atoms with van der Waals surface area (Å²) >= 11 is 0. The molecule has 0 N–H and O–H groups in total. The average Bonchev–Trinajstić information content (AvgIpc) is 3.01. The van der Waals surface area contributed by atoms with Gasteiger partial charge in [-0.1, -0.05) is 36.3 Å². The van der Waals surface area contributed by atoms with Crippen molar-refractivity contribution in [3.63, 3.8) is 0 Å². The van der Waals surface area contributed by atoms with E-state index in [-0.39, 0.29) is 5.41 Å². The zero-order chi connectivity index (χ0) is 14.9. The zero-order valence-electron chi connectivity index (χ0n) is 12.6. The Bertz CT molecular complexity index is 735. The van der Waals surface area contributed by atoms with Crippen LogP contribution in [0.2, 0.25) is 0 Å². The van der Waals surface area contributed by atoms with Gasteiger partial charge in [-0.15, -0.1) is 0 Å². The monoisotopic (exact) mass is 303 g/mol. The molecule has 112 valence electrons. The van der Waals surface area contributed by atoms with Crippen LogP contribution in [0.15, 0.2) is 40.8 Å². The van der Waals surface area contributed by atoms with E-state index in [1.54, 1.807) is 16.4 Å². The first-order valence-electron chi connectivity index (χ1n) is 7.62. The van der Waals surface area contributed by atoms with Crippen LogP contribution in [0.4, 0.5) is 0 Å². The Labute approximate surface area is 126 Å². The molecule has 1 saturated heterocycles. The van der Waals surface area contributed by atoms with Crippen LogP contribution in [0, 0.1) is 17.8 Å². The minimum atomic E-state index is -3.35. The zero-order valence-corrected chi connectivity index (χ0v) is 13.4. The lowest BCUT2D eigenvalue weighted by Crippen LogP contribution is -2.31. The van der Waals surface area contributed by atoms with Crippen molar-refractivity contribution in [1.82, 2.24) is 4.31 Å². The van der Waals surface area contributed by atoms with Gasteiger partial charge in [-0.2, -0.15) is 4.31 Å². The molecule has 1 aliphatic heterocycles. The summed E-state index contributed by atoms with van der Waals surface area (Å²) in [6.45, 7) is 5.54. The predicted molar refractivity (Wildman–Crippen MR) is 82.4 cm³/mol. The van der Waals surface area contributed by atoms with E-state index in [4.69, 9.17) is 0 Å². The van der Waals surface area contributed by atoms with Crippen molar-refractivity contribution >= 4 is 10.0 Å². The number of hydrogen-bond acceptors (Lipinski definition) is 2. The van der Waals surface area contributed by atoms with E-state index in [0.29, 0.717) is 23.4 Å². The van der Waals surface area contributed by atoms with Gasteiger partial charge in [0.05, 0.1) is 4.90 Å². The Morgan fingerprint density at radius 1 is 1.14 bits per heavy atom. The summed E-state index contributed by atoms with van der Waals surface area (Å²) in [6.07, 6.45) is 5.85. The second-order valence-corrected chi connectivity index (χ2v) is 9.30. The summed E-state index contributed by atoms with van der Waals surface area (Å²) in [5.41, 5.74) is 2.92. The summed E-state index contributed by atoms with van der Waals surface area (Å²) in [5, 5.41) is 0. The van der Waals surface area contributed by atoms with Crippen molar-refractivity contribution in [2.24, 2.45) is 10.8 Å². The topological polar surface area (TPSA) is 37.4 Å². The Balaban J connectivity index is 1.68. The lowest BCUT2D eigenvalue weighted by molar-refractivity contribution is 0.340. The summed E-state index contributed by atoms with van der Waals surface area (Å²) < 4.78 is 27.3. The molecule has 2 unspecified atom stereocenters. The third-order valence-corrected chi connectivity index (χ3v) is 7.41. The normalized spacial score (nSPS) is 35.0. The van der Waals surface area contributed by atoms with Crippen molar-refractivity contribution in [2.75, 3.05) is 13.1 Å². The molecular formula is C17H21NO2S. The molecule has 4 rings (SSSR count). The highest BCUT2D eigenvalue weighted by molar-refractivity contribution is 7.89. The van der Waals surface area contributed by atoms with Crippen molar-refractivity contribution in [3.05, 3.63) is 41.5 Å². The summed E-state index contributed by atoms with van der Waals surface area (Å²) in [6, 6.07) is 7.19. The van der Waals surface area contributed by atoms with Crippen LogP contribution < -0.4 is 0 Å². The quantitative estimate of drug-likeness (QED) is 0.787. The Kier molecular flexibility index (Phi) is 2.57. The second kappa shape index (κ2) is 3.99. The van der Waals surface area contributed by atoms with Crippen LogP contribution in [0.25, 0.3) is 0 Å². The van der Waals surface area contributed by atoms with E-state index >= 15 is 0 Å². The van der Waals surface area contributed by atoms with E-state index in [2.05, 4.69) is 13.0 Å². The van der Waals surface area contributed by atoms with Gasteiger partial charge in [0.15, 0.2) is 0 Å². The lowest BCUT2D eigenvalue weighted by atomic mass is 9.83. The van der Waals surface area contributed by atoms with Gasteiger partial charge >= 0.3 is 0 Å². The molecule has 1 heterocycles. The molecule has 2 fully saturated rings. The number of allylic oxidation sites excluding steroid dienone is 1. The lowest BCUT2D eigenvalue weighted by Gasteiger charge is -2.23. The summed E-state index contributed by atoms with van der Waals surface area (Å²) in [7, 11) is -3.35. The Hall–Kier alpha value is -1.13. The van der Waals surface area contributed by atoms with Crippen LogP contribution in [0.5, 0.6) is 0 Å². The highest BCUT2D eigenvalue weighted by Crippen LogP contribution is 2.63. The molecule has 2 aliphatic carbocycles. The minimum absolute atomic E-state index is 0.145. The number of sulfonamides is 1. The van der Waals surface area contributed by atoms with Gasteiger partial charge in [0.2, 0.25) is 10.0 Å². The van der Waals surface area contributed by atoms with Gasteiger partial charge in [-0.05, 0) is 43.7 Å². The highest BCUT2D eigenvalue weighted by atomic mass is 32.2. The fraction of sp³-hybridized carbons (Fsp3) is 0.529. The molecule has 4 heteroatoms. The summed E-state index contributed by atoms with van der Waals surface area (Å²) in [5.74, 6) is 0. The highest BCUT2D eigenvalue weighted by Gasteiger charge is 2.57. The largest absolute Gasteiger partial charge is 0.243 e. The van der Waals surface area contributed by atoms with Crippen LogP contribution in [0.1, 0.15) is 31.7 Å². The number of benzene rings is 1. The molecule has 1 saturated carbocycles. The molecule has 3 aliphatic rings. The van der Waals surface area contributed by atoms with Crippen LogP contribution in [0.3, 0.4) is 0 Å². The summed E-state index contributed by atoms with van der Waals surface area (Å²) in [4.78, 5) is 0.422. The third kappa shape index (κ3) is 1.85. The predicted octanol–water partition coefficient (Wildman–Crippen LogP) is 3.12. The maximum atomic E-state index is 12.8. The maximum absolute atomic E-state index is 12.8. The van der Waals surface area contributed by atoms with Gasteiger partial charge in [-0.25, -0.2) is 8.42 Å². The molecule has 1 aromatic carbocycles. The number of rotatable bonds is 2. The maximum Gasteiger partial charge on any atom is 0.243 e. The first kappa shape index (κ1) is 13.5. The van der Waals surface area contributed by atoms with E-state index in [9.17, 15) is 8.42 Å². The fourth-order valence-corrected chi connectivity index (χ4v) is 6.01. The molecule has 2 bridgehead atoms. The van der Waals surface area contributed by atoms with Crippen LogP contribution in [-0.4, -0.2) is 25.8 Å². The van der Waals surface area contributed by atoms with E-state index in [1.165, 1.54) is 12.0 Å². The first-order chi connectivity index (χ1) is 9.83. The van der Waals surface area contributed by atoms with Crippen molar-refractivity contribution in [1.29, 1.82) is 0 Å². The molecular weight excluding hydrogens is 282 g/mol. The molecule has 1 spiro atoms. The van der Waals surface area contributed by atoms with Gasteiger partial charge in [0.1, 0.15) is 0 Å². The van der Waals surface area contributed by atoms with E-state index in [0.717, 1.165) is 18.4 Å². The third-order valence-electron chi connectivity index (χ3n) is 5.61. The first-order valence-corrected chi connectivity index (χ1v) is 9.06. The van der Waals surface area contributed by atoms with Crippen LogP contribution in [-0.2, 0) is 10.0 Å². The molecule has 1 aromatic rings. The number of aryl methyl sites for hydroxylation is 1. The van der Waals surface area contributed by atoms with E-state index < -0.39 is 10.0 Å². The Morgan fingerprint density at radius 2 is 1.86 bits per heavy atom. The molecule has 21 heavy (non-hydrogen) atoms. The average molecular weight is 303 g/mol. The number of fused-ring (bicyclic) bond motifs is 1. The Morgan fingerprint density at radius 3 is 2.48 bits per heavy atom. The van der Waals surface area contributed by atoms with Gasteiger partial charge in [-0.3, -0.25) is 0 Å². The van der Waals surface area contributed by atoms with Crippen molar-refractivity contribution < 1.29 is 8.42 Å². The van der Waals surface area contributed by atoms with Gasteiger partial charge < -0.3 is 0 Å². The molecule has 0 radical (unpaired) electrons. The minimum Gasteiger partial charge on any atom is -0.207 e. The number of hydrogen-bond donors (Lipinski definition) is 0. The van der Waals surface area contributed by atoms with Crippen LogP contribution >= 0.6 is 0 Å². The number of nitrogens with zero attached hydrogens (tertiary/aromatic N) is 1. The smallest absolute Gasteiger partial charge is 0.207 e. The van der Waals surface area contributed by atoms with Gasteiger partial charge in [0, 0.05) is 18.5 Å². The second-order valence-electron chi connectivity index (χ2n) is 7.37. The van der Waals surface area contributed by atoms with E-state index in [1.807, 2.05) is 19.1 Å².